The molecule has 114 valence electrons. The highest BCUT2D eigenvalue weighted by molar-refractivity contribution is 9.10. The van der Waals surface area contributed by atoms with Crippen LogP contribution < -0.4 is 9.47 Å². The van der Waals surface area contributed by atoms with E-state index in [1.807, 2.05) is 12.1 Å². The number of carbonyl (C=O) groups excluding carboxylic acids is 1. The van der Waals surface area contributed by atoms with Gasteiger partial charge in [0.25, 0.3) is 0 Å². The first-order valence-corrected chi connectivity index (χ1v) is 7.77. The minimum Gasteiger partial charge on any atom is -0.461 e. The van der Waals surface area contributed by atoms with Crippen LogP contribution in [0.3, 0.4) is 0 Å². The van der Waals surface area contributed by atoms with E-state index in [4.69, 9.17) is 25.8 Å². The number of carbonyl (C=O) groups is 1. The predicted octanol–water partition coefficient (Wildman–Crippen LogP) is 4.12. The molecule has 1 heterocycles. The third kappa shape index (κ3) is 3.54. The first-order chi connectivity index (χ1) is 10.6. The van der Waals surface area contributed by atoms with Gasteiger partial charge in [0.2, 0.25) is 6.79 Å². The lowest BCUT2D eigenvalue weighted by molar-refractivity contribution is -0.144. The second-order valence-electron chi connectivity index (χ2n) is 4.76. The van der Waals surface area contributed by atoms with Gasteiger partial charge in [0.1, 0.15) is 6.61 Å². The van der Waals surface area contributed by atoms with Gasteiger partial charge in [0.15, 0.2) is 11.5 Å². The molecule has 0 amide bonds. The van der Waals surface area contributed by atoms with Crippen molar-refractivity contribution in [3.63, 3.8) is 0 Å². The fraction of sp³-hybridized carbons (Fsp3) is 0.188. The summed E-state index contributed by atoms with van der Waals surface area (Å²) in [5.41, 5.74) is 1.69. The van der Waals surface area contributed by atoms with Crippen molar-refractivity contribution in [2.45, 2.75) is 13.0 Å². The lowest BCUT2D eigenvalue weighted by Gasteiger charge is -2.08. The molecule has 2 aromatic rings. The highest BCUT2D eigenvalue weighted by atomic mass is 79.9. The van der Waals surface area contributed by atoms with Crippen molar-refractivity contribution in [2.24, 2.45) is 0 Å². The van der Waals surface area contributed by atoms with E-state index in [2.05, 4.69) is 15.9 Å². The number of rotatable bonds is 4. The van der Waals surface area contributed by atoms with Crippen LogP contribution in [0.25, 0.3) is 0 Å². The Hall–Kier alpha value is -1.72. The maximum atomic E-state index is 11.9. The maximum Gasteiger partial charge on any atom is 0.310 e. The summed E-state index contributed by atoms with van der Waals surface area (Å²) in [6.07, 6.45) is 0.208. The van der Waals surface area contributed by atoms with Crippen LogP contribution in [-0.2, 0) is 22.6 Å². The first-order valence-electron chi connectivity index (χ1n) is 6.60. The molecule has 6 heteroatoms. The van der Waals surface area contributed by atoms with E-state index in [0.29, 0.717) is 16.5 Å². The van der Waals surface area contributed by atoms with Crippen molar-refractivity contribution < 1.29 is 19.0 Å². The van der Waals surface area contributed by atoms with Gasteiger partial charge >= 0.3 is 5.97 Å². The Kier molecular flexibility index (Phi) is 4.55. The number of fused-ring (bicyclic) bond motifs is 1. The first kappa shape index (κ1) is 15.2. The normalized spacial score (nSPS) is 12.3. The number of hydrogen-bond donors (Lipinski definition) is 0. The number of benzene rings is 2. The number of esters is 1. The van der Waals surface area contributed by atoms with E-state index in [1.54, 1.807) is 24.3 Å². The molecule has 0 saturated carbocycles. The van der Waals surface area contributed by atoms with Crippen molar-refractivity contribution >= 4 is 33.5 Å². The maximum absolute atomic E-state index is 11.9. The van der Waals surface area contributed by atoms with E-state index in [-0.39, 0.29) is 25.8 Å². The van der Waals surface area contributed by atoms with Crippen molar-refractivity contribution in [3.8, 4) is 11.5 Å². The number of ether oxygens (including phenoxy) is 3. The molecule has 0 fully saturated rings. The predicted molar refractivity (Wildman–Crippen MR) is 85.2 cm³/mol. The van der Waals surface area contributed by atoms with Gasteiger partial charge in [-0.2, -0.15) is 0 Å². The quantitative estimate of drug-likeness (QED) is 0.745. The van der Waals surface area contributed by atoms with Crippen LogP contribution in [0.15, 0.2) is 40.9 Å². The molecule has 1 aliphatic rings. The monoisotopic (exact) mass is 382 g/mol. The summed E-state index contributed by atoms with van der Waals surface area (Å²) in [4.78, 5) is 11.9. The van der Waals surface area contributed by atoms with Crippen molar-refractivity contribution in [3.05, 3.63) is 57.0 Å². The summed E-state index contributed by atoms with van der Waals surface area (Å²) in [5, 5.41) is 0.640. The molecule has 4 nitrogen and oxygen atoms in total. The largest absolute Gasteiger partial charge is 0.461 e. The van der Waals surface area contributed by atoms with Gasteiger partial charge in [0, 0.05) is 15.1 Å². The molecule has 0 atom stereocenters. The summed E-state index contributed by atoms with van der Waals surface area (Å²) in [7, 11) is 0. The minimum absolute atomic E-state index is 0.170. The molecule has 0 radical (unpaired) electrons. The summed E-state index contributed by atoms with van der Waals surface area (Å²) in [6.45, 7) is 0.380. The molecule has 0 aromatic heterocycles. The van der Waals surface area contributed by atoms with Crippen LogP contribution in [0.2, 0.25) is 5.02 Å². The molecule has 2 aromatic carbocycles. The van der Waals surface area contributed by atoms with Crippen LogP contribution in [0, 0.1) is 0 Å². The second kappa shape index (κ2) is 6.58. The van der Waals surface area contributed by atoms with Gasteiger partial charge in [-0.25, -0.2) is 0 Å². The molecular weight excluding hydrogens is 372 g/mol. The van der Waals surface area contributed by atoms with Gasteiger partial charge in [-0.3, -0.25) is 4.79 Å². The molecule has 0 aliphatic carbocycles. The van der Waals surface area contributed by atoms with E-state index in [1.165, 1.54) is 0 Å². The highest BCUT2D eigenvalue weighted by Crippen LogP contribution is 2.37. The zero-order valence-electron chi connectivity index (χ0n) is 11.5. The topological polar surface area (TPSA) is 44.8 Å². The summed E-state index contributed by atoms with van der Waals surface area (Å²) >= 11 is 9.24. The zero-order valence-corrected chi connectivity index (χ0v) is 13.8. The SMILES string of the molecule is O=C(Cc1ccc(Cl)cc1)OCc1cc2c(cc1Br)OCO2. The van der Waals surface area contributed by atoms with Gasteiger partial charge < -0.3 is 14.2 Å². The smallest absolute Gasteiger partial charge is 0.310 e. The highest BCUT2D eigenvalue weighted by Gasteiger charge is 2.17. The Morgan fingerprint density at radius 2 is 1.86 bits per heavy atom. The Morgan fingerprint density at radius 1 is 1.18 bits per heavy atom. The van der Waals surface area contributed by atoms with Crippen molar-refractivity contribution in [1.29, 1.82) is 0 Å². The second-order valence-corrected chi connectivity index (χ2v) is 6.05. The lowest BCUT2D eigenvalue weighted by atomic mass is 10.1. The molecule has 0 spiro atoms. The molecule has 0 saturated heterocycles. The molecular formula is C16H12BrClO4. The van der Waals surface area contributed by atoms with Crippen molar-refractivity contribution in [2.75, 3.05) is 6.79 Å². The Labute approximate surface area is 141 Å². The van der Waals surface area contributed by atoms with Crippen LogP contribution in [-0.4, -0.2) is 12.8 Å². The van der Waals surface area contributed by atoms with Crippen LogP contribution in [0.4, 0.5) is 0 Å². The summed E-state index contributed by atoms with van der Waals surface area (Å²) in [6, 6.07) is 10.7. The summed E-state index contributed by atoms with van der Waals surface area (Å²) < 4.78 is 16.7. The van der Waals surface area contributed by atoms with Crippen molar-refractivity contribution in [1.82, 2.24) is 0 Å². The van der Waals surface area contributed by atoms with Gasteiger partial charge in [-0.1, -0.05) is 39.7 Å². The fourth-order valence-corrected chi connectivity index (χ4v) is 2.61. The Bertz CT molecular complexity index is 700. The molecule has 1 aliphatic heterocycles. The Balaban J connectivity index is 1.60. The van der Waals surface area contributed by atoms with E-state index in [0.717, 1.165) is 15.6 Å². The lowest BCUT2D eigenvalue weighted by Crippen LogP contribution is -2.08. The molecule has 0 N–H and O–H groups in total. The molecule has 3 rings (SSSR count). The van der Waals surface area contributed by atoms with Gasteiger partial charge in [-0.15, -0.1) is 0 Å². The standard InChI is InChI=1S/C16H12BrClO4/c17-13-7-15-14(21-9-22-15)6-11(13)8-20-16(19)5-10-1-3-12(18)4-2-10/h1-4,6-7H,5,8-9H2. The van der Waals surface area contributed by atoms with E-state index < -0.39 is 0 Å². The molecule has 0 unspecified atom stereocenters. The van der Waals surface area contributed by atoms with E-state index in [9.17, 15) is 4.79 Å². The van der Waals surface area contributed by atoms with Gasteiger partial charge in [-0.05, 0) is 29.8 Å². The average molecular weight is 384 g/mol. The minimum atomic E-state index is -0.299. The van der Waals surface area contributed by atoms with Gasteiger partial charge in [0.05, 0.1) is 6.42 Å². The van der Waals surface area contributed by atoms with Crippen LogP contribution in [0.5, 0.6) is 11.5 Å². The van der Waals surface area contributed by atoms with Crippen LogP contribution in [0.1, 0.15) is 11.1 Å². The van der Waals surface area contributed by atoms with Crippen LogP contribution >= 0.6 is 27.5 Å². The molecule has 0 bridgehead atoms. The molecule has 22 heavy (non-hydrogen) atoms. The third-order valence-electron chi connectivity index (χ3n) is 3.19. The third-order valence-corrected chi connectivity index (χ3v) is 4.18. The number of halogens is 2. The fourth-order valence-electron chi connectivity index (χ4n) is 2.05. The van der Waals surface area contributed by atoms with E-state index >= 15 is 0 Å². The number of hydrogen-bond acceptors (Lipinski definition) is 4. The summed E-state index contributed by atoms with van der Waals surface area (Å²) in [5.74, 6) is 1.04. The zero-order chi connectivity index (χ0) is 15.5. The average Bonchev–Trinajstić information content (AvgIpc) is 2.94. The Morgan fingerprint density at radius 3 is 2.59 bits per heavy atom.